The molecule has 0 amide bonds. The molecule has 4 nitrogen and oxygen atoms in total. The number of nitrogens with zero attached hydrogens (tertiary/aromatic N) is 4. The maximum absolute atomic E-state index is 4.43. The highest BCUT2D eigenvalue weighted by Crippen LogP contribution is 2.07. The first-order chi connectivity index (χ1) is 6.79. The molecule has 2 rings (SSSR count). The van der Waals surface area contributed by atoms with Crippen molar-refractivity contribution in [3.63, 3.8) is 0 Å². The zero-order valence-corrected chi connectivity index (χ0v) is 9.62. The Morgan fingerprint density at radius 2 is 2.00 bits per heavy atom. The van der Waals surface area contributed by atoms with Crippen LogP contribution in [0.4, 0.5) is 0 Å². The Morgan fingerprint density at radius 3 is 2.64 bits per heavy atom. The van der Waals surface area contributed by atoms with Gasteiger partial charge in [0.2, 0.25) is 0 Å². The maximum atomic E-state index is 4.43. The van der Waals surface area contributed by atoms with Crippen LogP contribution in [0.5, 0.6) is 0 Å². The van der Waals surface area contributed by atoms with E-state index in [2.05, 4.69) is 29.0 Å². The molecular formula is C10H20N4. The van der Waals surface area contributed by atoms with Crippen molar-refractivity contribution in [1.29, 1.82) is 0 Å². The van der Waals surface area contributed by atoms with Crippen LogP contribution in [0.2, 0.25) is 0 Å². The highest BCUT2D eigenvalue weighted by atomic mass is 15.4. The molecule has 0 saturated carbocycles. The molecule has 4 heteroatoms. The SMILES string of the molecule is CC.CCc1nc2n(n1)CCN(C)C2. The van der Waals surface area contributed by atoms with E-state index in [4.69, 9.17) is 0 Å². The molecule has 0 atom stereocenters. The molecule has 0 radical (unpaired) electrons. The van der Waals surface area contributed by atoms with Gasteiger partial charge in [0.15, 0.2) is 5.82 Å². The van der Waals surface area contributed by atoms with Crippen molar-refractivity contribution in [2.75, 3.05) is 13.6 Å². The molecule has 0 bridgehead atoms. The van der Waals surface area contributed by atoms with E-state index in [1.165, 1.54) is 0 Å². The summed E-state index contributed by atoms with van der Waals surface area (Å²) in [5, 5.41) is 4.38. The number of rotatable bonds is 1. The van der Waals surface area contributed by atoms with Gasteiger partial charge in [-0.3, -0.25) is 4.90 Å². The van der Waals surface area contributed by atoms with E-state index >= 15 is 0 Å². The van der Waals surface area contributed by atoms with E-state index in [0.29, 0.717) is 0 Å². The summed E-state index contributed by atoms with van der Waals surface area (Å²) >= 11 is 0. The van der Waals surface area contributed by atoms with E-state index in [1.807, 2.05) is 18.5 Å². The molecule has 1 aliphatic heterocycles. The second-order valence-electron chi connectivity index (χ2n) is 3.26. The second-order valence-corrected chi connectivity index (χ2v) is 3.26. The monoisotopic (exact) mass is 196 g/mol. The van der Waals surface area contributed by atoms with Gasteiger partial charge < -0.3 is 0 Å². The fourth-order valence-electron chi connectivity index (χ4n) is 1.46. The summed E-state index contributed by atoms with van der Waals surface area (Å²) in [6, 6.07) is 0. The van der Waals surface area contributed by atoms with Crippen LogP contribution in [0, 0.1) is 0 Å². The Morgan fingerprint density at radius 1 is 1.29 bits per heavy atom. The molecule has 0 saturated heterocycles. The number of hydrogen-bond donors (Lipinski definition) is 0. The third kappa shape index (κ3) is 2.32. The van der Waals surface area contributed by atoms with E-state index in [-0.39, 0.29) is 0 Å². The van der Waals surface area contributed by atoms with Crippen LogP contribution >= 0.6 is 0 Å². The number of hydrogen-bond acceptors (Lipinski definition) is 3. The fraction of sp³-hybridized carbons (Fsp3) is 0.800. The molecule has 0 fully saturated rings. The minimum atomic E-state index is 0.934. The lowest BCUT2D eigenvalue weighted by Crippen LogP contribution is -2.30. The van der Waals surface area contributed by atoms with Gasteiger partial charge in [-0.1, -0.05) is 20.8 Å². The molecule has 2 heterocycles. The number of likely N-dealkylation sites (N-methyl/N-ethyl adjacent to an activating group) is 1. The van der Waals surface area contributed by atoms with E-state index < -0.39 is 0 Å². The molecule has 0 spiro atoms. The minimum Gasteiger partial charge on any atom is -0.297 e. The molecule has 14 heavy (non-hydrogen) atoms. The van der Waals surface area contributed by atoms with Gasteiger partial charge in [-0.2, -0.15) is 5.10 Å². The van der Waals surface area contributed by atoms with Gasteiger partial charge in [0.1, 0.15) is 5.82 Å². The Bertz CT molecular complexity index is 280. The smallest absolute Gasteiger partial charge is 0.150 e. The normalized spacial score (nSPS) is 15.7. The Kier molecular flexibility index (Phi) is 4.07. The third-order valence-electron chi connectivity index (χ3n) is 2.21. The second kappa shape index (κ2) is 5.10. The van der Waals surface area contributed by atoms with Crippen molar-refractivity contribution in [2.24, 2.45) is 0 Å². The first-order valence-electron chi connectivity index (χ1n) is 5.40. The molecule has 0 unspecified atom stereocenters. The highest BCUT2D eigenvalue weighted by molar-refractivity contribution is 4.95. The van der Waals surface area contributed by atoms with Gasteiger partial charge in [0, 0.05) is 13.0 Å². The van der Waals surface area contributed by atoms with Crippen molar-refractivity contribution in [1.82, 2.24) is 19.7 Å². The Labute approximate surface area is 85.9 Å². The summed E-state index contributed by atoms with van der Waals surface area (Å²) in [5.41, 5.74) is 0. The fourth-order valence-corrected chi connectivity index (χ4v) is 1.46. The summed E-state index contributed by atoms with van der Waals surface area (Å²) in [6.07, 6.45) is 0.934. The number of aryl methyl sites for hydroxylation is 1. The molecule has 0 aromatic carbocycles. The predicted octanol–water partition coefficient (Wildman–Crippen LogP) is 1.31. The average Bonchev–Trinajstić information content (AvgIpc) is 2.62. The minimum absolute atomic E-state index is 0.934. The van der Waals surface area contributed by atoms with Crippen LogP contribution in [0.1, 0.15) is 32.4 Å². The molecule has 0 aliphatic carbocycles. The van der Waals surface area contributed by atoms with Crippen LogP contribution < -0.4 is 0 Å². The van der Waals surface area contributed by atoms with E-state index in [1.54, 1.807) is 0 Å². The van der Waals surface area contributed by atoms with E-state index in [0.717, 1.165) is 37.7 Å². The summed E-state index contributed by atoms with van der Waals surface area (Å²) < 4.78 is 2.03. The van der Waals surface area contributed by atoms with Crippen molar-refractivity contribution in [2.45, 2.75) is 40.3 Å². The lowest BCUT2D eigenvalue weighted by atomic mass is 10.4. The summed E-state index contributed by atoms with van der Waals surface area (Å²) in [6.45, 7) is 9.09. The van der Waals surface area contributed by atoms with Gasteiger partial charge in [0.05, 0.1) is 13.1 Å². The van der Waals surface area contributed by atoms with Crippen LogP contribution in [0.15, 0.2) is 0 Å². The first-order valence-corrected chi connectivity index (χ1v) is 5.40. The van der Waals surface area contributed by atoms with Gasteiger partial charge in [-0.15, -0.1) is 0 Å². The van der Waals surface area contributed by atoms with Gasteiger partial charge in [-0.05, 0) is 7.05 Å². The molecule has 0 N–H and O–H groups in total. The van der Waals surface area contributed by atoms with Crippen molar-refractivity contribution >= 4 is 0 Å². The largest absolute Gasteiger partial charge is 0.297 e. The highest BCUT2D eigenvalue weighted by Gasteiger charge is 2.15. The van der Waals surface area contributed by atoms with Gasteiger partial charge in [0.25, 0.3) is 0 Å². The predicted molar refractivity (Wildman–Crippen MR) is 57.1 cm³/mol. The summed E-state index contributed by atoms with van der Waals surface area (Å²) in [4.78, 5) is 6.70. The molecule has 1 aliphatic rings. The quantitative estimate of drug-likeness (QED) is 0.679. The lowest BCUT2D eigenvalue weighted by molar-refractivity contribution is 0.254. The molecule has 1 aromatic rings. The first kappa shape index (κ1) is 11.2. The molecular weight excluding hydrogens is 176 g/mol. The Hall–Kier alpha value is -0.900. The topological polar surface area (TPSA) is 34.0 Å². The van der Waals surface area contributed by atoms with Gasteiger partial charge in [-0.25, -0.2) is 9.67 Å². The van der Waals surface area contributed by atoms with Gasteiger partial charge >= 0.3 is 0 Å². The summed E-state index contributed by atoms with van der Waals surface area (Å²) in [5.74, 6) is 2.08. The molecule has 1 aromatic heterocycles. The van der Waals surface area contributed by atoms with Crippen molar-refractivity contribution in [3.05, 3.63) is 11.6 Å². The van der Waals surface area contributed by atoms with Crippen molar-refractivity contribution in [3.8, 4) is 0 Å². The number of aromatic nitrogens is 3. The van der Waals surface area contributed by atoms with Crippen LogP contribution in [0.3, 0.4) is 0 Å². The van der Waals surface area contributed by atoms with Crippen LogP contribution in [0.25, 0.3) is 0 Å². The Balaban J connectivity index is 0.000000461. The summed E-state index contributed by atoms with van der Waals surface area (Å²) in [7, 11) is 2.11. The maximum Gasteiger partial charge on any atom is 0.150 e. The molecule has 80 valence electrons. The number of fused-ring (bicyclic) bond motifs is 1. The van der Waals surface area contributed by atoms with E-state index in [9.17, 15) is 0 Å². The van der Waals surface area contributed by atoms with Crippen LogP contribution in [-0.4, -0.2) is 33.3 Å². The third-order valence-corrected chi connectivity index (χ3v) is 2.21. The average molecular weight is 196 g/mol. The zero-order chi connectivity index (χ0) is 10.6. The lowest BCUT2D eigenvalue weighted by Gasteiger charge is -2.21. The zero-order valence-electron chi connectivity index (χ0n) is 9.62. The van der Waals surface area contributed by atoms with Crippen LogP contribution in [-0.2, 0) is 19.5 Å². The standard InChI is InChI=1S/C8H14N4.C2H6/c1-3-7-9-8-6-11(2)4-5-12(8)10-7;1-2/h3-6H2,1-2H3;1-2H3. The van der Waals surface area contributed by atoms with Crippen molar-refractivity contribution < 1.29 is 0 Å².